The number of likely N-dealkylation sites (N-methyl/N-ethyl adjacent to an activating group) is 1. The van der Waals surface area contributed by atoms with Crippen LogP contribution in [0, 0.1) is 0 Å². The lowest BCUT2D eigenvalue weighted by molar-refractivity contribution is 0.0985. The number of sulfone groups is 2. The largest absolute Gasteiger partial charge is 0.308 e. The van der Waals surface area contributed by atoms with Crippen molar-refractivity contribution in [3.05, 3.63) is 48.0 Å². The Morgan fingerprint density at radius 1 is 0.970 bits per heavy atom. The molecular formula is C22H27N3O5S3. The van der Waals surface area contributed by atoms with Crippen LogP contribution in [0.15, 0.2) is 52.3 Å². The summed E-state index contributed by atoms with van der Waals surface area (Å²) in [6, 6.07) is 10.6. The number of hydrogen-bond acceptors (Lipinski definition) is 8. The fourth-order valence-electron chi connectivity index (χ4n) is 3.04. The number of fused-ring (bicyclic) bond motifs is 1. The number of thiazole rings is 1. The van der Waals surface area contributed by atoms with Gasteiger partial charge in [0.05, 0.1) is 25.3 Å². The van der Waals surface area contributed by atoms with Crippen molar-refractivity contribution in [2.24, 2.45) is 0 Å². The first-order valence-electron chi connectivity index (χ1n) is 10.2. The molecule has 11 heteroatoms. The Hall–Kier alpha value is -2.34. The van der Waals surface area contributed by atoms with Crippen molar-refractivity contribution in [2.75, 3.05) is 38.3 Å². The predicted octanol–water partition coefficient (Wildman–Crippen LogP) is 3.09. The van der Waals surface area contributed by atoms with Crippen molar-refractivity contribution in [3.63, 3.8) is 0 Å². The van der Waals surface area contributed by atoms with Gasteiger partial charge in [-0.3, -0.25) is 9.69 Å². The molecule has 1 heterocycles. The van der Waals surface area contributed by atoms with E-state index in [-0.39, 0.29) is 15.7 Å². The molecule has 0 aliphatic rings. The summed E-state index contributed by atoms with van der Waals surface area (Å²) in [6.45, 7) is 4.16. The van der Waals surface area contributed by atoms with E-state index in [0.717, 1.165) is 6.26 Å². The van der Waals surface area contributed by atoms with Gasteiger partial charge in [-0.2, -0.15) is 0 Å². The smallest absolute Gasteiger partial charge is 0.260 e. The van der Waals surface area contributed by atoms with Gasteiger partial charge >= 0.3 is 0 Å². The molecule has 0 fully saturated rings. The molecule has 0 radical (unpaired) electrons. The van der Waals surface area contributed by atoms with Crippen LogP contribution in [-0.2, 0) is 19.7 Å². The molecular weight excluding hydrogens is 482 g/mol. The van der Waals surface area contributed by atoms with Gasteiger partial charge in [0.25, 0.3) is 5.91 Å². The normalized spacial score (nSPS) is 12.6. The third-order valence-corrected chi connectivity index (χ3v) is 9.40. The van der Waals surface area contributed by atoms with E-state index in [9.17, 15) is 21.6 Å². The van der Waals surface area contributed by atoms with E-state index in [1.54, 1.807) is 26.0 Å². The Morgan fingerprint density at radius 3 is 2.12 bits per heavy atom. The summed E-state index contributed by atoms with van der Waals surface area (Å²) in [5, 5.41) is -0.114. The van der Waals surface area contributed by atoms with Crippen LogP contribution in [0.3, 0.4) is 0 Å². The second-order valence-electron chi connectivity index (χ2n) is 8.28. The minimum absolute atomic E-state index is 0.169. The lowest BCUT2D eigenvalue weighted by atomic mass is 10.2. The fourth-order valence-corrected chi connectivity index (χ4v) is 5.85. The zero-order valence-corrected chi connectivity index (χ0v) is 21.6. The topological polar surface area (TPSA) is 105 Å². The van der Waals surface area contributed by atoms with E-state index in [1.165, 1.54) is 46.6 Å². The van der Waals surface area contributed by atoms with Crippen molar-refractivity contribution in [1.29, 1.82) is 0 Å². The van der Waals surface area contributed by atoms with E-state index in [0.29, 0.717) is 34.0 Å². The van der Waals surface area contributed by atoms with E-state index >= 15 is 0 Å². The van der Waals surface area contributed by atoms with Gasteiger partial charge < -0.3 is 4.90 Å². The maximum absolute atomic E-state index is 13.4. The zero-order chi connectivity index (χ0) is 24.6. The van der Waals surface area contributed by atoms with Crippen LogP contribution in [0.4, 0.5) is 5.13 Å². The molecule has 1 amide bonds. The number of hydrogen-bond donors (Lipinski definition) is 0. The number of benzene rings is 2. The number of nitrogens with zero attached hydrogens (tertiary/aromatic N) is 3. The Kier molecular flexibility index (Phi) is 7.27. The maximum atomic E-state index is 13.4. The molecule has 1 aromatic heterocycles. The van der Waals surface area contributed by atoms with Crippen molar-refractivity contribution in [2.45, 2.75) is 28.9 Å². The van der Waals surface area contributed by atoms with Crippen LogP contribution >= 0.6 is 11.3 Å². The zero-order valence-electron chi connectivity index (χ0n) is 19.1. The first-order valence-corrected chi connectivity index (χ1v) is 14.5. The number of carbonyl (C=O) groups is 1. The minimum Gasteiger partial charge on any atom is -0.308 e. The van der Waals surface area contributed by atoms with Crippen LogP contribution in [0.1, 0.15) is 24.2 Å². The van der Waals surface area contributed by atoms with Crippen LogP contribution in [0.5, 0.6) is 0 Å². The van der Waals surface area contributed by atoms with Crippen LogP contribution in [0.2, 0.25) is 0 Å². The van der Waals surface area contributed by atoms with E-state index in [4.69, 9.17) is 0 Å². The summed E-state index contributed by atoms with van der Waals surface area (Å²) in [6.07, 6.45) is 1.15. The Morgan fingerprint density at radius 2 is 1.58 bits per heavy atom. The first-order chi connectivity index (χ1) is 15.3. The van der Waals surface area contributed by atoms with Gasteiger partial charge in [-0.1, -0.05) is 11.3 Å². The quantitative estimate of drug-likeness (QED) is 0.459. The molecule has 33 heavy (non-hydrogen) atoms. The summed E-state index contributed by atoms with van der Waals surface area (Å²) < 4.78 is 49.2. The standard InChI is InChI=1S/C22H27N3O5S3/c1-15(2)33(29,30)17-8-6-16(7-9-17)21(26)25(13-12-24(3)4)22-23-19-11-10-18(32(5,27)28)14-20(19)31-22/h6-11,14-15H,12-13H2,1-5H3. The van der Waals surface area contributed by atoms with E-state index < -0.39 is 24.9 Å². The van der Waals surface area contributed by atoms with Crippen molar-refractivity contribution >= 4 is 52.3 Å². The molecule has 2 aromatic carbocycles. The Labute approximate surface area is 198 Å². The SMILES string of the molecule is CC(C)S(=O)(=O)c1ccc(C(=O)N(CCN(C)C)c2nc3ccc(S(C)(=O)=O)cc3s2)cc1. The number of anilines is 1. The second-order valence-corrected chi connectivity index (χ2v) is 13.8. The highest BCUT2D eigenvalue weighted by Gasteiger charge is 2.24. The lowest BCUT2D eigenvalue weighted by Crippen LogP contribution is -2.36. The van der Waals surface area contributed by atoms with Gasteiger partial charge in [-0.05, 0) is 70.4 Å². The molecule has 0 saturated carbocycles. The molecule has 0 unspecified atom stereocenters. The summed E-state index contributed by atoms with van der Waals surface area (Å²) in [5.41, 5.74) is 0.941. The van der Waals surface area contributed by atoms with E-state index in [1.807, 2.05) is 19.0 Å². The third kappa shape index (κ3) is 5.60. The molecule has 0 saturated heterocycles. The average molecular weight is 510 g/mol. The molecule has 0 spiro atoms. The Balaban J connectivity index is 2.00. The molecule has 3 rings (SSSR count). The highest BCUT2D eigenvalue weighted by molar-refractivity contribution is 7.92. The highest BCUT2D eigenvalue weighted by Crippen LogP contribution is 2.31. The number of aromatic nitrogens is 1. The molecule has 0 N–H and O–H groups in total. The van der Waals surface area contributed by atoms with Gasteiger partial charge in [0.2, 0.25) is 0 Å². The average Bonchev–Trinajstić information content (AvgIpc) is 3.15. The monoisotopic (exact) mass is 509 g/mol. The number of carbonyl (C=O) groups excluding carboxylic acids is 1. The second kappa shape index (κ2) is 9.49. The number of rotatable bonds is 8. The van der Waals surface area contributed by atoms with Crippen LogP contribution in [0.25, 0.3) is 10.2 Å². The Bertz CT molecular complexity index is 1380. The van der Waals surface area contributed by atoms with Crippen LogP contribution in [-0.4, -0.2) is 71.3 Å². The van der Waals surface area contributed by atoms with E-state index in [2.05, 4.69) is 4.98 Å². The van der Waals surface area contributed by atoms with Crippen molar-refractivity contribution in [3.8, 4) is 0 Å². The summed E-state index contributed by atoms with van der Waals surface area (Å²) in [5.74, 6) is -0.312. The molecule has 8 nitrogen and oxygen atoms in total. The van der Waals surface area contributed by atoms with Gasteiger partial charge in [-0.15, -0.1) is 0 Å². The van der Waals surface area contributed by atoms with Crippen molar-refractivity contribution in [1.82, 2.24) is 9.88 Å². The first kappa shape index (κ1) is 25.3. The molecule has 178 valence electrons. The predicted molar refractivity (Wildman–Crippen MR) is 132 cm³/mol. The summed E-state index contributed by atoms with van der Waals surface area (Å²) >= 11 is 1.24. The van der Waals surface area contributed by atoms with Crippen LogP contribution < -0.4 is 4.90 Å². The molecule has 0 bridgehead atoms. The summed E-state index contributed by atoms with van der Waals surface area (Å²) in [4.78, 5) is 21.8. The highest BCUT2D eigenvalue weighted by atomic mass is 32.2. The fraction of sp³-hybridized carbons (Fsp3) is 0.364. The van der Waals surface area contributed by atoms with Gasteiger partial charge in [-0.25, -0.2) is 21.8 Å². The van der Waals surface area contributed by atoms with Crippen molar-refractivity contribution < 1.29 is 21.6 Å². The van der Waals surface area contributed by atoms with Gasteiger partial charge in [0, 0.05) is 24.9 Å². The minimum atomic E-state index is -3.44. The molecule has 0 aliphatic heterocycles. The number of amides is 1. The third-order valence-electron chi connectivity index (χ3n) is 5.07. The lowest BCUT2D eigenvalue weighted by Gasteiger charge is -2.22. The summed E-state index contributed by atoms with van der Waals surface area (Å²) in [7, 11) is -3.02. The molecule has 0 atom stereocenters. The molecule has 0 aliphatic carbocycles. The van der Waals surface area contributed by atoms with Gasteiger partial charge in [0.1, 0.15) is 0 Å². The van der Waals surface area contributed by atoms with Gasteiger partial charge in [0.15, 0.2) is 24.8 Å². The molecule has 3 aromatic rings. The maximum Gasteiger partial charge on any atom is 0.260 e.